The average Bonchev–Trinajstić information content (AvgIpc) is 3.50. The molecule has 1 amide bonds. The number of methoxy groups -OCH3 is 1. The van der Waals surface area contributed by atoms with Gasteiger partial charge in [0.25, 0.3) is 5.91 Å². The number of fused-ring (bicyclic) bond motifs is 2. The van der Waals surface area contributed by atoms with E-state index in [2.05, 4.69) is 31.1 Å². The number of ether oxygens (including phenoxy) is 1. The zero-order chi connectivity index (χ0) is 24.7. The van der Waals surface area contributed by atoms with Gasteiger partial charge in [0.1, 0.15) is 10.7 Å². The number of para-hydroxylation sites is 1. The van der Waals surface area contributed by atoms with Crippen molar-refractivity contribution in [3.05, 3.63) is 70.3 Å². The molecule has 6 nitrogen and oxygen atoms in total. The third-order valence-electron chi connectivity index (χ3n) is 6.84. The van der Waals surface area contributed by atoms with Crippen molar-refractivity contribution >= 4 is 39.1 Å². The molecule has 5 rings (SSSR count). The van der Waals surface area contributed by atoms with Crippen molar-refractivity contribution in [3.8, 4) is 11.5 Å². The molecular weight excluding hydrogens is 460 g/mol. The van der Waals surface area contributed by atoms with Crippen molar-refractivity contribution in [1.29, 1.82) is 0 Å². The van der Waals surface area contributed by atoms with Gasteiger partial charge < -0.3 is 14.5 Å². The number of amides is 1. The second kappa shape index (κ2) is 8.96. The summed E-state index contributed by atoms with van der Waals surface area (Å²) in [6.45, 7) is 6.77. The van der Waals surface area contributed by atoms with Crippen molar-refractivity contribution in [2.45, 2.75) is 40.0 Å². The van der Waals surface area contributed by atoms with Crippen LogP contribution >= 0.6 is 11.3 Å². The highest BCUT2D eigenvalue weighted by Gasteiger charge is 2.34. The molecule has 3 heterocycles. The maximum Gasteiger partial charge on any atom is 0.341 e. The predicted octanol–water partition coefficient (Wildman–Crippen LogP) is 6.75. The highest BCUT2D eigenvalue weighted by molar-refractivity contribution is 7.17. The van der Waals surface area contributed by atoms with Gasteiger partial charge in [-0.05, 0) is 60.4 Å². The zero-order valence-corrected chi connectivity index (χ0v) is 21.1. The van der Waals surface area contributed by atoms with Crippen molar-refractivity contribution in [1.82, 2.24) is 4.98 Å². The van der Waals surface area contributed by atoms with Crippen LogP contribution in [0.5, 0.6) is 0 Å². The molecule has 4 aromatic rings. The Morgan fingerprint density at radius 2 is 1.97 bits per heavy atom. The zero-order valence-electron chi connectivity index (χ0n) is 20.3. The number of esters is 1. The van der Waals surface area contributed by atoms with E-state index in [0.717, 1.165) is 35.1 Å². The van der Waals surface area contributed by atoms with Crippen LogP contribution in [0.4, 0.5) is 5.00 Å². The molecular formula is C28H28N2O4S. The summed E-state index contributed by atoms with van der Waals surface area (Å²) in [4.78, 5) is 32.3. The smallest absolute Gasteiger partial charge is 0.341 e. The molecule has 1 aliphatic carbocycles. The van der Waals surface area contributed by atoms with Gasteiger partial charge in [0, 0.05) is 10.3 Å². The van der Waals surface area contributed by atoms with Crippen LogP contribution < -0.4 is 5.32 Å². The molecule has 3 aromatic heterocycles. The summed E-state index contributed by atoms with van der Waals surface area (Å²) in [7, 11) is 1.38. The molecule has 0 saturated carbocycles. The number of pyridine rings is 1. The molecule has 0 saturated heterocycles. The second-order valence-corrected chi connectivity index (χ2v) is 11.1. The molecule has 1 aromatic carbocycles. The summed E-state index contributed by atoms with van der Waals surface area (Å²) in [5.41, 5.74) is 3.40. The van der Waals surface area contributed by atoms with Gasteiger partial charge in [0.15, 0.2) is 5.76 Å². The Kier molecular flexibility index (Phi) is 5.97. The number of thiophene rings is 1. The summed E-state index contributed by atoms with van der Waals surface area (Å²) < 4.78 is 10.6. The molecule has 0 radical (unpaired) electrons. The SMILES string of the molecule is COC(=O)c1c(NC(=O)c2cc(-c3ccco3)nc3ccccc23)sc2c1CC[C@H](C(C)(C)C)C2. The lowest BCUT2D eigenvalue weighted by Crippen LogP contribution is -2.26. The third-order valence-corrected chi connectivity index (χ3v) is 8.01. The van der Waals surface area contributed by atoms with Gasteiger partial charge >= 0.3 is 5.97 Å². The first-order chi connectivity index (χ1) is 16.8. The number of hydrogen-bond donors (Lipinski definition) is 1. The first kappa shape index (κ1) is 23.3. The molecule has 0 fully saturated rings. The number of rotatable bonds is 4. The van der Waals surface area contributed by atoms with E-state index in [9.17, 15) is 9.59 Å². The number of hydrogen-bond acceptors (Lipinski definition) is 6. The van der Waals surface area contributed by atoms with Crippen molar-refractivity contribution in [3.63, 3.8) is 0 Å². The minimum atomic E-state index is -0.414. The van der Waals surface area contributed by atoms with Crippen LogP contribution in [0, 0.1) is 11.3 Å². The van der Waals surface area contributed by atoms with E-state index in [0.29, 0.717) is 39.0 Å². The molecule has 0 spiro atoms. The second-order valence-electron chi connectivity index (χ2n) is 10.0. The fourth-order valence-corrected chi connectivity index (χ4v) is 6.13. The van der Waals surface area contributed by atoms with Gasteiger partial charge in [0.05, 0.1) is 30.0 Å². The number of carbonyl (C=O) groups excluding carboxylic acids is 2. The monoisotopic (exact) mass is 488 g/mol. The summed E-state index contributed by atoms with van der Waals surface area (Å²) in [6, 6.07) is 12.8. The van der Waals surface area contributed by atoms with Crippen LogP contribution in [-0.2, 0) is 17.6 Å². The van der Waals surface area contributed by atoms with E-state index in [1.165, 1.54) is 18.4 Å². The number of aromatic nitrogens is 1. The number of anilines is 1. The number of nitrogens with one attached hydrogen (secondary N) is 1. The standard InChI is InChI=1S/C28H28N2O4S/c1-28(2,3)16-11-12-18-23(14-16)35-26(24(18)27(32)33-4)30-25(31)19-15-21(22-10-7-13-34-22)29-20-9-6-5-8-17(19)20/h5-10,13,15-16H,11-12,14H2,1-4H3,(H,30,31)/t16-/m0/s1. The van der Waals surface area contributed by atoms with Crippen LogP contribution in [0.1, 0.15) is 58.3 Å². The molecule has 0 aliphatic heterocycles. The molecule has 0 unspecified atom stereocenters. The van der Waals surface area contributed by atoms with Crippen LogP contribution in [0.3, 0.4) is 0 Å². The van der Waals surface area contributed by atoms with Crippen molar-refractivity contribution < 1.29 is 18.7 Å². The lowest BCUT2D eigenvalue weighted by molar-refractivity contribution is 0.0600. The molecule has 7 heteroatoms. The predicted molar refractivity (Wildman–Crippen MR) is 138 cm³/mol. The Bertz CT molecular complexity index is 1410. The summed E-state index contributed by atoms with van der Waals surface area (Å²) >= 11 is 1.49. The maximum atomic E-state index is 13.6. The van der Waals surface area contributed by atoms with Crippen molar-refractivity contribution in [2.75, 3.05) is 12.4 Å². The fourth-order valence-electron chi connectivity index (χ4n) is 4.82. The van der Waals surface area contributed by atoms with Crippen molar-refractivity contribution in [2.24, 2.45) is 11.3 Å². The van der Waals surface area contributed by atoms with E-state index >= 15 is 0 Å². The van der Waals surface area contributed by atoms with E-state index in [1.807, 2.05) is 30.3 Å². The van der Waals surface area contributed by atoms with Gasteiger partial charge in [0.2, 0.25) is 0 Å². The van der Waals surface area contributed by atoms with Crippen LogP contribution in [0.15, 0.2) is 53.1 Å². The van der Waals surface area contributed by atoms with E-state index < -0.39 is 5.97 Å². The Balaban J connectivity index is 1.55. The summed E-state index contributed by atoms with van der Waals surface area (Å²) in [5.74, 6) is 0.387. The van der Waals surface area contributed by atoms with Gasteiger partial charge in [-0.1, -0.05) is 39.0 Å². The number of furan rings is 1. The minimum absolute atomic E-state index is 0.175. The molecule has 1 aliphatic rings. The normalized spacial score (nSPS) is 15.6. The van der Waals surface area contributed by atoms with E-state index in [1.54, 1.807) is 18.4 Å². The van der Waals surface area contributed by atoms with E-state index in [-0.39, 0.29) is 11.3 Å². The number of nitrogens with zero attached hydrogens (tertiary/aromatic N) is 1. The first-order valence-corrected chi connectivity index (χ1v) is 12.6. The fraction of sp³-hybridized carbons (Fsp3) is 0.321. The minimum Gasteiger partial charge on any atom is -0.465 e. The highest BCUT2D eigenvalue weighted by atomic mass is 32.1. The van der Waals surface area contributed by atoms with Crippen LogP contribution in [-0.4, -0.2) is 24.0 Å². The third kappa shape index (κ3) is 4.36. The molecule has 180 valence electrons. The first-order valence-electron chi connectivity index (χ1n) is 11.7. The lowest BCUT2D eigenvalue weighted by Gasteiger charge is -2.33. The van der Waals surface area contributed by atoms with Gasteiger partial charge in [-0.15, -0.1) is 11.3 Å². The number of benzene rings is 1. The summed E-state index contributed by atoms with van der Waals surface area (Å²) in [6.07, 6.45) is 4.28. The van der Waals surface area contributed by atoms with Gasteiger partial charge in [-0.3, -0.25) is 4.79 Å². The molecule has 0 bridgehead atoms. The van der Waals surface area contributed by atoms with Gasteiger partial charge in [-0.25, -0.2) is 9.78 Å². The molecule has 1 atom stereocenters. The molecule has 35 heavy (non-hydrogen) atoms. The lowest BCUT2D eigenvalue weighted by atomic mass is 9.72. The topological polar surface area (TPSA) is 81.4 Å². The summed E-state index contributed by atoms with van der Waals surface area (Å²) in [5, 5.41) is 4.31. The Morgan fingerprint density at radius 3 is 2.69 bits per heavy atom. The average molecular weight is 489 g/mol. The molecule has 1 N–H and O–H groups in total. The maximum absolute atomic E-state index is 13.6. The largest absolute Gasteiger partial charge is 0.465 e. The van der Waals surface area contributed by atoms with Crippen LogP contribution in [0.25, 0.3) is 22.4 Å². The Morgan fingerprint density at radius 1 is 1.17 bits per heavy atom. The Labute approximate surface area is 208 Å². The highest BCUT2D eigenvalue weighted by Crippen LogP contribution is 2.44. The quantitative estimate of drug-likeness (QED) is 0.322. The van der Waals surface area contributed by atoms with Gasteiger partial charge in [-0.2, -0.15) is 0 Å². The Hall–Kier alpha value is -3.45. The van der Waals surface area contributed by atoms with E-state index in [4.69, 9.17) is 9.15 Å². The number of carbonyl (C=O) groups is 2. The van der Waals surface area contributed by atoms with Crippen LogP contribution in [0.2, 0.25) is 0 Å².